The fraction of sp³-hybridized carbons (Fsp3) is 0.600. The second-order valence-electron chi connectivity index (χ2n) is 7.04. The predicted octanol–water partition coefficient (Wildman–Crippen LogP) is 3.19. The van der Waals surface area contributed by atoms with Crippen LogP contribution in [0.3, 0.4) is 0 Å². The van der Waals surface area contributed by atoms with E-state index in [0.717, 1.165) is 24.8 Å². The zero-order valence-corrected chi connectivity index (χ0v) is 14.6. The van der Waals surface area contributed by atoms with Gasteiger partial charge in [-0.1, -0.05) is 50.5 Å². The van der Waals surface area contributed by atoms with E-state index < -0.39 is 0 Å². The monoisotopic (exact) mass is 328 g/mol. The number of rotatable bonds is 5. The summed E-state index contributed by atoms with van der Waals surface area (Å²) in [6.07, 6.45) is 7.90. The van der Waals surface area contributed by atoms with E-state index in [1.165, 1.54) is 24.8 Å². The first-order valence-corrected chi connectivity index (χ1v) is 9.35. The van der Waals surface area contributed by atoms with Gasteiger partial charge in [0.15, 0.2) is 0 Å². The van der Waals surface area contributed by atoms with Gasteiger partial charge in [-0.2, -0.15) is 0 Å². The Labute approximate surface area is 144 Å². The molecule has 130 valence electrons. The van der Waals surface area contributed by atoms with Crippen molar-refractivity contribution in [1.82, 2.24) is 10.2 Å². The number of amides is 2. The molecule has 0 radical (unpaired) electrons. The Morgan fingerprint density at radius 3 is 2.42 bits per heavy atom. The maximum atomic E-state index is 12.6. The number of carbonyl (C=O) groups excluding carboxylic acids is 2. The number of benzene rings is 1. The molecule has 1 saturated carbocycles. The van der Waals surface area contributed by atoms with Crippen LogP contribution in [0, 0.1) is 0 Å². The van der Waals surface area contributed by atoms with Crippen LogP contribution in [0.1, 0.15) is 63.0 Å². The van der Waals surface area contributed by atoms with Crippen LogP contribution in [0.2, 0.25) is 0 Å². The first-order valence-electron chi connectivity index (χ1n) is 9.35. The molecule has 1 saturated heterocycles. The molecule has 0 bridgehead atoms. The van der Waals surface area contributed by atoms with Gasteiger partial charge < -0.3 is 10.2 Å². The molecule has 4 nitrogen and oxygen atoms in total. The summed E-state index contributed by atoms with van der Waals surface area (Å²) in [5.41, 5.74) is 2.41. The van der Waals surface area contributed by atoms with Crippen molar-refractivity contribution in [2.45, 2.75) is 76.9 Å². The van der Waals surface area contributed by atoms with Crippen LogP contribution in [0.15, 0.2) is 24.3 Å². The minimum Gasteiger partial charge on any atom is -0.350 e. The van der Waals surface area contributed by atoms with Crippen molar-refractivity contribution in [3.05, 3.63) is 35.4 Å². The van der Waals surface area contributed by atoms with Crippen molar-refractivity contribution in [2.75, 3.05) is 0 Å². The fourth-order valence-corrected chi connectivity index (χ4v) is 3.98. The lowest BCUT2D eigenvalue weighted by Crippen LogP contribution is -2.49. The SMILES string of the molecule is CCc1ccc(CNC(=O)[C@@H]2CCC(=O)N2C2CCCCC2)cc1. The van der Waals surface area contributed by atoms with Crippen molar-refractivity contribution in [1.29, 1.82) is 0 Å². The minimum absolute atomic E-state index is 0.00555. The van der Waals surface area contributed by atoms with Crippen LogP contribution < -0.4 is 5.32 Å². The van der Waals surface area contributed by atoms with Gasteiger partial charge in [0.05, 0.1) is 0 Å². The lowest BCUT2D eigenvalue weighted by atomic mass is 9.93. The molecule has 2 aliphatic rings. The van der Waals surface area contributed by atoms with Gasteiger partial charge in [-0.3, -0.25) is 9.59 Å². The summed E-state index contributed by atoms with van der Waals surface area (Å²) in [6, 6.07) is 8.35. The average molecular weight is 328 g/mol. The minimum atomic E-state index is -0.268. The Kier molecular flexibility index (Phi) is 5.54. The van der Waals surface area contributed by atoms with Crippen molar-refractivity contribution in [2.24, 2.45) is 0 Å². The summed E-state index contributed by atoms with van der Waals surface area (Å²) in [6.45, 7) is 2.67. The smallest absolute Gasteiger partial charge is 0.243 e. The second kappa shape index (κ2) is 7.82. The summed E-state index contributed by atoms with van der Waals surface area (Å²) in [4.78, 5) is 26.8. The molecule has 1 atom stereocenters. The molecular weight excluding hydrogens is 300 g/mol. The molecule has 1 N–H and O–H groups in total. The lowest BCUT2D eigenvalue weighted by molar-refractivity contribution is -0.138. The maximum Gasteiger partial charge on any atom is 0.243 e. The van der Waals surface area contributed by atoms with E-state index in [1.807, 2.05) is 4.90 Å². The third-order valence-electron chi connectivity index (χ3n) is 5.42. The molecule has 3 rings (SSSR count). The summed E-state index contributed by atoms with van der Waals surface area (Å²) in [5.74, 6) is 0.167. The number of aryl methyl sites for hydroxylation is 1. The molecule has 0 aromatic heterocycles. The topological polar surface area (TPSA) is 49.4 Å². The Morgan fingerprint density at radius 1 is 1.08 bits per heavy atom. The molecular formula is C20H28N2O2. The third kappa shape index (κ3) is 3.80. The molecule has 1 aliphatic heterocycles. The largest absolute Gasteiger partial charge is 0.350 e. The van der Waals surface area contributed by atoms with E-state index in [-0.39, 0.29) is 23.9 Å². The van der Waals surface area contributed by atoms with Crippen LogP contribution in [-0.2, 0) is 22.6 Å². The van der Waals surface area contributed by atoms with Gasteiger partial charge >= 0.3 is 0 Å². The fourth-order valence-electron chi connectivity index (χ4n) is 3.98. The van der Waals surface area contributed by atoms with Crippen LogP contribution >= 0.6 is 0 Å². The van der Waals surface area contributed by atoms with Crippen molar-refractivity contribution in [3.8, 4) is 0 Å². The van der Waals surface area contributed by atoms with Gasteiger partial charge in [0, 0.05) is 19.0 Å². The van der Waals surface area contributed by atoms with Crippen LogP contribution in [0.4, 0.5) is 0 Å². The number of hydrogen-bond donors (Lipinski definition) is 1. The maximum absolute atomic E-state index is 12.6. The quantitative estimate of drug-likeness (QED) is 0.902. The molecule has 4 heteroatoms. The van der Waals surface area contributed by atoms with Gasteiger partial charge in [-0.25, -0.2) is 0 Å². The standard InChI is InChI=1S/C20H28N2O2/c1-2-15-8-10-16(11-9-15)14-21-20(24)18-12-13-19(23)22(18)17-6-4-3-5-7-17/h8-11,17-18H,2-7,12-14H2,1H3,(H,21,24)/t18-/m0/s1. The number of nitrogens with zero attached hydrogens (tertiary/aromatic N) is 1. The second-order valence-corrected chi connectivity index (χ2v) is 7.04. The highest BCUT2D eigenvalue weighted by molar-refractivity contribution is 5.91. The van der Waals surface area contributed by atoms with Crippen molar-refractivity contribution in [3.63, 3.8) is 0 Å². The van der Waals surface area contributed by atoms with Gasteiger partial charge in [0.25, 0.3) is 0 Å². The van der Waals surface area contributed by atoms with Crippen molar-refractivity contribution >= 4 is 11.8 Å². The molecule has 0 spiro atoms. The van der Waals surface area contributed by atoms with Gasteiger partial charge in [-0.05, 0) is 36.8 Å². The molecule has 2 fully saturated rings. The molecule has 1 aliphatic carbocycles. The molecule has 1 heterocycles. The first kappa shape index (κ1) is 17.0. The van der Waals surface area contributed by atoms with E-state index in [2.05, 4.69) is 36.5 Å². The normalized spacial score (nSPS) is 22.0. The zero-order valence-electron chi connectivity index (χ0n) is 14.6. The number of nitrogens with one attached hydrogen (secondary N) is 1. The van der Waals surface area contributed by atoms with Crippen LogP contribution in [-0.4, -0.2) is 28.8 Å². The number of likely N-dealkylation sites (tertiary alicyclic amines) is 1. The Bertz CT molecular complexity index is 576. The van der Waals surface area contributed by atoms with E-state index in [0.29, 0.717) is 19.4 Å². The molecule has 1 aromatic carbocycles. The molecule has 1 aromatic rings. The van der Waals surface area contributed by atoms with E-state index in [9.17, 15) is 9.59 Å². The number of carbonyl (C=O) groups is 2. The van der Waals surface area contributed by atoms with Gasteiger partial charge in [0.2, 0.25) is 11.8 Å². The Morgan fingerprint density at radius 2 is 1.75 bits per heavy atom. The molecule has 24 heavy (non-hydrogen) atoms. The molecule has 0 unspecified atom stereocenters. The Hall–Kier alpha value is -1.84. The highest BCUT2D eigenvalue weighted by Gasteiger charge is 2.40. The first-order chi connectivity index (χ1) is 11.7. The van der Waals surface area contributed by atoms with Crippen LogP contribution in [0.5, 0.6) is 0 Å². The van der Waals surface area contributed by atoms with E-state index in [4.69, 9.17) is 0 Å². The van der Waals surface area contributed by atoms with Gasteiger partial charge in [-0.15, -0.1) is 0 Å². The highest BCUT2D eigenvalue weighted by atomic mass is 16.2. The zero-order chi connectivity index (χ0) is 16.9. The predicted molar refractivity (Wildman–Crippen MR) is 94.4 cm³/mol. The summed E-state index contributed by atoms with van der Waals surface area (Å²) >= 11 is 0. The van der Waals surface area contributed by atoms with E-state index >= 15 is 0 Å². The Balaban J connectivity index is 1.59. The lowest BCUT2D eigenvalue weighted by Gasteiger charge is -2.35. The van der Waals surface area contributed by atoms with E-state index in [1.54, 1.807) is 0 Å². The van der Waals surface area contributed by atoms with Crippen molar-refractivity contribution < 1.29 is 9.59 Å². The average Bonchev–Trinajstić information content (AvgIpc) is 3.02. The highest BCUT2D eigenvalue weighted by Crippen LogP contribution is 2.30. The van der Waals surface area contributed by atoms with Gasteiger partial charge in [0.1, 0.15) is 6.04 Å². The molecule has 2 amide bonds. The summed E-state index contributed by atoms with van der Waals surface area (Å²) in [7, 11) is 0. The summed E-state index contributed by atoms with van der Waals surface area (Å²) < 4.78 is 0. The third-order valence-corrected chi connectivity index (χ3v) is 5.42. The summed E-state index contributed by atoms with van der Waals surface area (Å²) in [5, 5.41) is 3.04. The number of hydrogen-bond acceptors (Lipinski definition) is 2. The van der Waals surface area contributed by atoms with Crippen LogP contribution in [0.25, 0.3) is 0 Å².